The van der Waals surface area contributed by atoms with Crippen molar-refractivity contribution >= 4 is 17.7 Å². The zero-order valence-electron chi connectivity index (χ0n) is 16.1. The molecule has 4 nitrogen and oxygen atoms in total. The van der Waals surface area contributed by atoms with E-state index in [0.29, 0.717) is 6.54 Å². The molecule has 3 rings (SSSR count). The van der Waals surface area contributed by atoms with Gasteiger partial charge in [0.1, 0.15) is 5.75 Å². The van der Waals surface area contributed by atoms with Gasteiger partial charge in [-0.05, 0) is 67.6 Å². The van der Waals surface area contributed by atoms with Crippen LogP contribution in [0, 0.1) is 0 Å². The molecule has 0 bridgehead atoms. The van der Waals surface area contributed by atoms with Gasteiger partial charge in [0.15, 0.2) is 0 Å². The van der Waals surface area contributed by atoms with E-state index in [1.807, 2.05) is 36.4 Å². The van der Waals surface area contributed by atoms with Crippen LogP contribution in [-0.2, 0) is 5.75 Å². The average molecular weight is 385 g/mol. The van der Waals surface area contributed by atoms with Gasteiger partial charge in [-0.3, -0.25) is 9.69 Å². The highest BCUT2D eigenvalue weighted by Crippen LogP contribution is 2.26. The lowest BCUT2D eigenvalue weighted by Crippen LogP contribution is -2.36. The van der Waals surface area contributed by atoms with E-state index >= 15 is 0 Å². The highest BCUT2D eigenvalue weighted by atomic mass is 32.2. The van der Waals surface area contributed by atoms with Crippen molar-refractivity contribution in [1.29, 1.82) is 0 Å². The molecule has 1 N–H and O–H groups in total. The molecule has 1 atom stereocenters. The summed E-state index contributed by atoms with van der Waals surface area (Å²) in [5, 5.41) is 3.14. The Kier molecular flexibility index (Phi) is 7.18. The number of hydrogen-bond donors (Lipinski definition) is 1. The van der Waals surface area contributed by atoms with Crippen LogP contribution in [0.25, 0.3) is 0 Å². The quantitative estimate of drug-likeness (QED) is 0.743. The Bertz CT molecular complexity index is 725. The summed E-state index contributed by atoms with van der Waals surface area (Å²) in [7, 11) is 1.68. The molecule has 1 unspecified atom stereocenters. The first-order valence-electron chi connectivity index (χ1n) is 9.45. The molecule has 1 aliphatic rings. The van der Waals surface area contributed by atoms with Crippen LogP contribution in [0.2, 0.25) is 0 Å². The van der Waals surface area contributed by atoms with Crippen LogP contribution < -0.4 is 10.1 Å². The second-order valence-electron chi connectivity index (χ2n) is 6.87. The van der Waals surface area contributed by atoms with E-state index < -0.39 is 0 Å². The van der Waals surface area contributed by atoms with Gasteiger partial charge in [0.2, 0.25) is 0 Å². The number of rotatable bonds is 8. The Labute approximate surface area is 166 Å². The maximum absolute atomic E-state index is 12.6. The van der Waals surface area contributed by atoms with Crippen LogP contribution in [0.5, 0.6) is 5.75 Å². The number of hydrogen-bond acceptors (Lipinski definition) is 4. The number of likely N-dealkylation sites (tertiary alicyclic amines) is 1. The summed E-state index contributed by atoms with van der Waals surface area (Å²) in [4.78, 5) is 15.1. The Morgan fingerprint density at radius 1 is 1.11 bits per heavy atom. The molecule has 27 heavy (non-hydrogen) atoms. The van der Waals surface area contributed by atoms with Gasteiger partial charge in [-0.1, -0.05) is 24.3 Å². The third-order valence-corrected chi connectivity index (χ3v) is 5.69. The lowest BCUT2D eigenvalue weighted by molar-refractivity contribution is 0.0938. The van der Waals surface area contributed by atoms with Crippen LogP contribution in [-0.4, -0.2) is 43.8 Å². The number of nitrogens with zero attached hydrogens (tertiary/aromatic N) is 1. The summed E-state index contributed by atoms with van der Waals surface area (Å²) < 4.78 is 5.27. The maximum atomic E-state index is 12.6. The fourth-order valence-corrected chi connectivity index (χ4v) is 4.07. The highest BCUT2D eigenvalue weighted by Gasteiger charge is 2.24. The fourth-order valence-electron chi connectivity index (χ4n) is 3.55. The molecular formula is C22H28N2O2S. The van der Waals surface area contributed by atoms with Crippen LogP contribution >= 0.6 is 11.8 Å². The van der Waals surface area contributed by atoms with Crippen LogP contribution in [0.15, 0.2) is 48.5 Å². The van der Waals surface area contributed by atoms with E-state index in [1.54, 1.807) is 18.9 Å². The second kappa shape index (κ2) is 9.81. The molecule has 1 fully saturated rings. The number of thioether (sulfide) groups is 1. The molecule has 5 heteroatoms. The molecule has 0 aromatic heterocycles. The largest absolute Gasteiger partial charge is 0.497 e. The molecule has 1 heterocycles. The van der Waals surface area contributed by atoms with Gasteiger partial charge >= 0.3 is 0 Å². The average Bonchev–Trinajstić information content (AvgIpc) is 3.24. The second-order valence-corrected chi connectivity index (χ2v) is 7.74. The topological polar surface area (TPSA) is 41.6 Å². The van der Waals surface area contributed by atoms with Gasteiger partial charge in [0.25, 0.3) is 5.91 Å². The van der Waals surface area contributed by atoms with Crippen molar-refractivity contribution in [3.05, 3.63) is 65.2 Å². The monoisotopic (exact) mass is 384 g/mol. The minimum absolute atomic E-state index is 0.0107. The lowest BCUT2D eigenvalue weighted by atomic mass is 10.0. The van der Waals surface area contributed by atoms with Crippen molar-refractivity contribution in [1.82, 2.24) is 10.2 Å². The summed E-state index contributed by atoms with van der Waals surface area (Å²) in [5.74, 6) is 1.81. The van der Waals surface area contributed by atoms with Crippen molar-refractivity contribution < 1.29 is 9.53 Å². The Hall–Kier alpha value is -1.98. The fraction of sp³-hybridized carbons (Fsp3) is 0.409. The minimum Gasteiger partial charge on any atom is -0.497 e. The lowest BCUT2D eigenvalue weighted by Gasteiger charge is -2.28. The van der Waals surface area contributed by atoms with Gasteiger partial charge in [0, 0.05) is 17.9 Å². The van der Waals surface area contributed by atoms with Crippen molar-refractivity contribution in [2.75, 3.05) is 33.0 Å². The predicted molar refractivity (Wildman–Crippen MR) is 113 cm³/mol. The van der Waals surface area contributed by atoms with Crippen molar-refractivity contribution in [2.45, 2.75) is 24.6 Å². The molecular weight excluding hydrogens is 356 g/mol. The number of amides is 1. The molecule has 1 amide bonds. The van der Waals surface area contributed by atoms with Gasteiger partial charge in [-0.25, -0.2) is 0 Å². The normalized spacial score (nSPS) is 15.5. The van der Waals surface area contributed by atoms with Crippen LogP contribution in [0.1, 0.15) is 40.4 Å². The molecule has 1 aliphatic heterocycles. The Morgan fingerprint density at radius 3 is 2.37 bits per heavy atom. The third kappa shape index (κ3) is 5.27. The molecule has 0 saturated carbocycles. The summed E-state index contributed by atoms with van der Waals surface area (Å²) in [6.07, 6.45) is 4.52. The van der Waals surface area contributed by atoms with E-state index in [2.05, 4.69) is 28.6 Å². The van der Waals surface area contributed by atoms with E-state index in [1.165, 1.54) is 24.0 Å². The maximum Gasteiger partial charge on any atom is 0.251 e. The SMILES string of the molecule is COc1ccc(C(CNC(=O)c2ccc(CSC)cc2)N2CCCC2)cc1. The standard InChI is InChI=1S/C22H28N2O2S/c1-26-20-11-9-18(10-12-20)21(24-13-3-4-14-24)15-23-22(25)19-7-5-17(6-8-19)16-27-2/h5-12,21H,3-4,13-16H2,1-2H3,(H,23,25). The van der Waals surface area contributed by atoms with Crippen molar-refractivity contribution in [3.8, 4) is 5.75 Å². The minimum atomic E-state index is -0.0107. The van der Waals surface area contributed by atoms with Gasteiger partial charge in [0.05, 0.1) is 13.2 Å². The number of carbonyl (C=O) groups is 1. The van der Waals surface area contributed by atoms with Crippen LogP contribution in [0.3, 0.4) is 0 Å². The van der Waals surface area contributed by atoms with E-state index in [0.717, 1.165) is 30.2 Å². The first-order chi connectivity index (χ1) is 13.2. The van der Waals surface area contributed by atoms with Crippen molar-refractivity contribution in [3.63, 3.8) is 0 Å². The molecule has 0 radical (unpaired) electrons. The molecule has 0 spiro atoms. The molecule has 2 aromatic rings. The van der Waals surface area contributed by atoms with Gasteiger partial charge < -0.3 is 10.1 Å². The number of benzene rings is 2. The summed E-state index contributed by atoms with van der Waals surface area (Å²) in [6.45, 7) is 2.77. The zero-order valence-corrected chi connectivity index (χ0v) is 16.9. The molecule has 2 aromatic carbocycles. The zero-order chi connectivity index (χ0) is 19.1. The van der Waals surface area contributed by atoms with E-state index in [9.17, 15) is 4.79 Å². The summed E-state index contributed by atoms with van der Waals surface area (Å²) >= 11 is 1.78. The van der Waals surface area contributed by atoms with Gasteiger partial charge in [-0.15, -0.1) is 0 Å². The smallest absolute Gasteiger partial charge is 0.251 e. The van der Waals surface area contributed by atoms with Gasteiger partial charge in [-0.2, -0.15) is 11.8 Å². The number of carbonyl (C=O) groups excluding carboxylic acids is 1. The summed E-state index contributed by atoms with van der Waals surface area (Å²) in [6, 6.07) is 16.3. The molecule has 144 valence electrons. The number of nitrogens with one attached hydrogen (secondary N) is 1. The van der Waals surface area contributed by atoms with E-state index in [-0.39, 0.29) is 11.9 Å². The number of methoxy groups -OCH3 is 1. The van der Waals surface area contributed by atoms with E-state index in [4.69, 9.17) is 4.74 Å². The van der Waals surface area contributed by atoms with Crippen LogP contribution in [0.4, 0.5) is 0 Å². The Balaban J connectivity index is 1.67. The first kappa shape index (κ1) is 19.8. The Morgan fingerprint density at radius 2 is 1.78 bits per heavy atom. The van der Waals surface area contributed by atoms with Crippen molar-refractivity contribution in [2.24, 2.45) is 0 Å². The molecule has 0 aliphatic carbocycles. The third-order valence-electron chi connectivity index (χ3n) is 5.07. The predicted octanol–water partition coefficient (Wildman–Crippen LogP) is 4.13. The first-order valence-corrected chi connectivity index (χ1v) is 10.8. The molecule has 1 saturated heterocycles. The number of ether oxygens (including phenoxy) is 1. The highest BCUT2D eigenvalue weighted by molar-refractivity contribution is 7.97. The summed E-state index contributed by atoms with van der Waals surface area (Å²) in [5.41, 5.74) is 3.18.